The molecule has 1 heterocycles. The highest BCUT2D eigenvalue weighted by molar-refractivity contribution is 5.82. The van der Waals surface area contributed by atoms with Gasteiger partial charge in [-0.15, -0.1) is 0 Å². The van der Waals surface area contributed by atoms with E-state index in [2.05, 4.69) is 0 Å². The normalized spacial score (nSPS) is 11.3. The third-order valence-electron chi connectivity index (χ3n) is 2.11. The maximum absolute atomic E-state index is 10.9. The van der Waals surface area contributed by atoms with Gasteiger partial charge in [0.15, 0.2) is 0 Å². The van der Waals surface area contributed by atoms with E-state index in [1.807, 2.05) is 13.0 Å². The summed E-state index contributed by atoms with van der Waals surface area (Å²) >= 11 is 0. The third-order valence-corrected chi connectivity index (χ3v) is 2.11. The number of hydrogen-bond acceptors (Lipinski definition) is 3. The molecule has 0 unspecified atom stereocenters. The van der Waals surface area contributed by atoms with Crippen LogP contribution in [0.25, 0.3) is 17.0 Å². The van der Waals surface area contributed by atoms with E-state index in [9.17, 15) is 9.90 Å². The summed E-state index contributed by atoms with van der Waals surface area (Å²) in [6.07, 6.45) is 3.62. The molecule has 0 atom stereocenters. The molecule has 15 heavy (non-hydrogen) atoms. The number of allylic oxidation sites excluding steroid dienone is 1. The fourth-order valence-electron chi connectivity index (χ4n) is 1.44. The molecular weight excluding hydrogens is 192 g/mol. The number of aromatic hydroxyl groups is 1. The molecule has 2 rings (SSSR count). The summed E-state index contributed by atoms with van der Waals surface area (Å²) in [5.74, 6) is 0.106. The van der Waals surface area contributed by atoms with Crippen molar-refractivity contribution < 1.29 is 9.52 Å². The van der Waals surface area contributed by atoms with Gasteiger partial charge in [0.25, 0.3) is 0 Å². The zero-order valence-electron chi connectivity index (χ0n) is 8.23. The molecule has 3 heteroatoms. The van der Waals surface area contributed by atoms with Crippen LogP contribution in [0.1, 0.15) is 12.5 Å². The van der Waals surface area contributed by atoms with Gasteiger partial charge >= 0.3 is 5.63 Å². The predicted molar refractivity (Wildman–Crippen MR) is 58.9 cm³/mol. The van der Waals surface area contributed by atoms with Crippen LogP contribution >= 0.6 is 0 Å². The Balaban J connectivity index is 2.76. The Morgan fingerprint density at radius 3 is 2.87 bits per heavy atom. The third kappa shape index (κ3) is 1.76. The Labute approximate surface area is 86.3 Å². The van der Waals surface area contributed by atoms with Crippen LogP contribution in [0.2, 0.25) is 0 Å². The summed E-state index contributed by atoms with van der Waals surface area (Å²) in [5, 5.41) is 10.4. The summed E-state index contributed by atoms with van der Waals surface area (Å²) in [6, 6.07) is 6.26. The van der Waals surface area contributed by atoms with Crippen molar-refractivity contribution in [3.63, 3.8) is 0 Å². The predicted octanol–water partition coefficient (Wildman–Crippen LogP) is 2.53. The molecule has 0 fully saturated rings. The van der Waals surface area contributed by atoms with Crippen molar-refractivity contribution in [2.24, 2.45) is 0 Å². The molecular formula is C12H10O3. The fraction of sp³-hybridized carbons (Fsp3) is 0.0833. The maximum Gasteiger partial charge on any atom is 0.336 e. The number of rotatable bonds is 1. The molecule has 0 saturated heterocycles. The van der Waals surface area contributed by atoms with Crippen LogP contribution in [0, 0.1) is 0 Å². The molecule has 1 N–H and O–H groups in total. The lowest BCUT2D eigenvalue weighted by molar-refractivity contribution is 0.472. The van der Waals surface area contributed by atoms with E-state index >= 15 is 0 Å². The smallest absolute Gasteiger partial charge is 0.336 e. The first-order valence-electron chi connectivity index (χ1n) is 4.60. The molecule has 0 amide bonds. The highest BCUT2D eigenvalue weighted by Crippen LogP contribution is 2.24. The van der Waals surface area contributed by atoms with Crippen LogP contribution in [-0.2, 0) is 0 Å². The molecule has 1 aromatic heterocycles. The summed E-state index contributed by atoms with van der Waals surface area (Å²) in [5.41, 5.74) is 0.688. The second-order valence-corrected chi connectivity index (χ2v) is 3.20. The van der Waals surface area contributed by atoms with Crippen molar-refractivity contribution in [2.75, 3.05) is 0 Å². The zero-order chi connectivity index (χ0) is 10.8. The Kier molecular flexibility index (Phi) is 2.29. The minimum Gasteiger partial charge on any atom is -0.507 e. The first-order chi connectivity index (χ1) is 7.20. The van der Waals surface area contributed by atoms with Gasteiger partial charge in [0.2, 0.25) is 0 Å². The van der Waals surface area contributed by atoms with Gasteiger partial charge in [-0.3, -0.25) is 0 Å². The van der Waals surface area contributed by atoms with Gasteiger partial charge in [-0.05, 0) is 19.1 Å². The first-order valence-corrected chi connectivity index (χ1v) is 4.60. The largest absolute Gasteiger partial charge is 0.507 e. The topological polar surface area (TPSA) is 50.4 Å². The Morgan fingerprint density at radius 1 is 1.33 bits per heavy atom. The quantitative estimate of drug-likeness (QED) is 0.723. The average molecular weight is 202 g/mol. The SMILES string of the molecule is C/C=C/c1cc2ccc(=O)oc2cc1O. The van der Waals surface area contributed by atoms with Gasteiger partial charge in [0.1, 0.15) is 11.3 Å². The van der Waals surface area contributed by atoms with Crippen LogP contribution in [0.15, 0.2) is 39.6 Å². The van der Waals surface area contributed by atoms with Gasteiger partial charge in [-0.1, -0.05) is 12.2 Å². The summed E-state index contributed by atoms with van der Waals surface area (Å²) < 4.78 is 4.94. The van der Waals surface area contributed by atoms with Gasteiger partial charge < -0.3 is 9.52 Å². The lowest BCUT2D eigenvalue weighted by Gasteiger charge is -2.01. The average Bonchev–Trinajstić information content (AvgIpc) is 2.20. The van der Waals surface area contributed by atoms with Gasteiger partial charge in [-0.2, -0.15) is 0 Å². The van der Waals surface area contributed by atoms with Gasteiger partial charge in [0, 0.05) is 23.1 Å². The number of benzene rings is 1. The zero-order valence-corrected chi connectivity index (χ0v) is 8.23. The number of phenols is 1. The summed E-state index contributed by atoms with van der Waals surface area (Å²) in [6.45, 7) is 1.87. The Morgan fingerprint density at radius 2 is 2.13 bits per heavy atom. The molecule has 0 spiro atoms. The summed E-state index contributed by atoms with van der Waals surface area (Å²) in [4.78, 5) is 10.9. The highest BCUT2D eigenvalue weighted by atomic mass is 16.4. The molecule has 0 radical (unpaired) electrons. The molecule has 2 aromatic rings. The van der Waals surface area contributed by atoms with Crippen molar-refractivity contribution in [1.29, 1.82) is 0 Å². The van der Waals surface area contributed by atoms with E-state index in [4.69, 9.17) is 4.42 Å². The van der Waals surface area contributed by atoms with Crippen LogP contribution in [-0.4, -0.2) is 5.11 Å². The van der Waals surface area contributed by atoms with Crippen molar-refractivity contribution >= 4 is 17.0 Å². The number of fused-ring (bicyclic) bond motifs is 1. The Hall–Kier alpha value is -2.03. The van der Waals surface area contributed by atoms with Crippen LogP contribution in [0.4, 0.5) is 0 Å². The van der Waals surface area contributed by atoms with Crippen molar-refractivity contribution in [3.8, 4) is 5.75 Å². The first kappa shape index (κ1) is 9.52. The van der Waals surface area contributed by atoms with E-state index in [1.165, 1.54) is 12.1 Å². The lowest BCUT2D eigenvalue weighted by Crippen LogP contribution is -1.94. The van der Waals surface area contributed by atoms with Crippen LogP contribution in [0.3, 0.4) is 0 Å². The van der Waals surface area contributed by atoms with E-state index < -0.39 is 5.63 Å². The van der Waals surface area contributed by atoms with Crippen LogP contribution in [0.5, 0.6) is 5.75 Å². The van der Waals surface area contributed by atoms with E-state index in [0.717, 1.165) is 5.39 Å². The van der Waals surface area contributed by atoms with E-state index in [1.54, 1.807) is 18.2 Å². The van der Waals surface area contributed by atoms with Crippen molar-refractivity contribution in [1.82, 2.24) is 0 Å². The molecule has 0 aliphatic heterocycles. The standard InChI is InChI=1S/C12H10O3/c1-2-3-8-6-9-4-5-12(14)15-11(9)7-10(8)13/h2-7,13H,1H3/b3-2+. The maximum atomic E-state index is 10.9. The van der Waals surface area contributed by atoms with Gasteiger partial charge in [0.05, 0.1) is 0 Å². The second kappa shape index (κ2) is 3.61. The van der Waals surface area contributed by atoms with Crippen LogP contribution < -0.4 is 5.63 Å². The van der Waals surface area contributed by atoms with E-state index in [-0.39, 0.29) is 5.75 Å². The molecule has 3 nitrogen and oxygen atoms in total. The fourth-order valence-corrected chi connectivity index (χ4v) is 1.44. The number of hydrogen-bond donors (Lipinski definition) is 1. The lowest BCUT2D eigenvalue weighted by atomic mass is 10.1. The minimum atomic E-state index is -0.416. The molecule has 76 valence electrons. The molecule has 0 aliphatic carbocycles. The monoisotopic (exact) mass is 202 g/mol. The summed E-state index contributed by atoms with van der Waals surface area (Å²) in [7, 11) is 0. The van der Waals surface area contributed by atoms with E-state index in [0.29, 0.717) is 11.1 Å². The molecule has 1 aromatic carbocycles. The highest BCUT2D eigenvalue weighted by Gasteiger charge is 2.03. The molecule has 0 aliphatic rings. The van der Waals surface area contributed by atoms with Gasteiger partial charge in [-0.25, -0.2) is 4.79 Å². The number of phenolic OH excluding ortho intramolecular Hbond substituents is 1. The minimum absolute atomic E-state index is 0.106. The van der Waals surface area contributed by atoms with Crippen molar-refractivity contribution in [3.05, 3.63) is 46.3 Å². The van der Waals surface area contributed by atoms with Crippen molar-refractivity contribution in [2.45, 2.75) is 6.92 Å². The Bertz CT molecular complexity index is 579. The molecule has 0 saturated carbocycles. The molecule has 0 bridgehead atoms. The second-order valence-electron chi connectivity index (χ2n) is 3.20.